The van der Waals surface area contributed by atoms with Gasteiger partial charge in [-0.25, -0.2) is 9.69 Å². The number of fused-ring (bicyclic) bond motifs is 1. The largest absolute Gasteiger partial charge is 0.326 e. The van der Waals surface area contributed by atoms with Crippen LogP contribution in [0.2, 0.25) is 0 Å². The summed E-state index contributed by atoms with van der Waals surface area (Å²) in [4.78, 5) is 199. The molecule has 0 unspecified atom stereocenters. The number of carbonyl (C=O) groups excluding carboxylic acids is 15. The minimum atomic E-state index is -0.734. The van der Waals surface area contributed by atoms with Gasteiger partial charge < -0.3 is 74.4 Å². The maximum atomic E-state index is 14.1. The van der Waals surface area contributed by atoms with Crippen LogP contribution in [0.15, 0.2) is 322 Å². The number of imide groups is 1. The molecule has 0 atom stereocenters. The van der Waals surface area contributed by atoms with Crippen LogP contribution >= 0.6 is 0 Å². The van der Waals surface area contributed by atoms with Gasteiger partial charge in [0.2, 0.25) is 11.8 Å². The number of carbonyl (C=O) groups is 15. The van der Waals surface area contributed by atoms with Gasteiger partial charge in [-0.3, -0.25) is 67.1 Å². The first kappa shape index (κ1) is 93.4. The van der Waals surface area contributed by atoms with E-state index in [0.717, 1.165) is 16.0 Å². The fourth-order valence-corrected chi connectivity index (χ4v) is 14.2. The van der Waals surface area contributed by atoms with Gasteiger partial charge in [0.05, 0.1) is 16.8 Å². The third-order valence-electron chi connectivity index (χ3n) is 20.5. The summed E-state index contributed by atoms with van der Waals surface area (Å²) in [5.41, 5.74) is 9.21. The highest BCUT2D eigenvalue weighted by Crippen LogP contribution is 2.34. The predicted molar refractivity (Wildman–Crippen MR) is 527 cm³/mol. The van der Waals surface area contributed by atoms with Crippen molar-refractivity contribution in [2.24, 2.45) is 0 Å². The van der Waals surface area contributed by atoms with Crippen molar-refractivity contribution in [2.45, 2.75) is 27.7 Å². The topological polar surface area (TPSA) is 428 Å². The van der Waals surface area contributed by atoms with Crippen LogP contribution in [-0.4, -0.2) is 88.7 Å². The molecule has 0 aliphatic carbocycles. The SMILES string of the molecule is C#Cc1ccc2c(c1)C(=O)N(c1cc(C(=O)Nc3cccc(NC(=O)c4cccc(C)c4)c3)cc(C(=O)Nc3cccc(NC(=O)c4cccc(C(=O)Nc5cccc(NC(C)=O)c5)c4)c3)c1)C2=O.C#Cc1cccc(NC(=O)Nc2cc(C(=O)Nc3cccc(NC(=O)c4cccc(C)c4)c3)cc(C(=O)Nc3cccc(NC(=O)c4cccc(C(=O)Nc5cccc(NC(C)=O)c5)c4)c3)c2)c1. The number of terminal acetylenes is 2. The van der Waals surface area contributed by atoms with Gasteiger partial charge in [-0.1, -0.05) is 102 Å². The van der Waals surface area contributed by atoms with Crippen LogP contribution in [0.5, 0.6) is 0 Å². The van der Waals surface area contributed by atoms with E-state index in [1.807, 2.05) is 26.0 Å². The Hall–Kier alpha value is -19.8. The number of aryl methyl sites for hydroxylation is 2. The number of nitrogens with one attached hydrogen (secondary N) is 14. The third kappa shape index (κ3) is 24.8. The minimum Gasteiger partial charge on any atom is -0.326 e. The van der Waals surface area contributed by atoms with Crippen LogP contribution in [0, 0.1) is 38.5 Å². The number of urea groups is 1. The number of nitrogens with zero attached hydrogens (tertiary/aromatic N) is 1. The summed E-state index contributed by atoms with van der Waals surface area (Å²) in [6, 6.07) is 83.4. The second-order valence-corrected chi connectivity index (χ2v) is 31.0. The van der Waals surface area contributed by atoms with E-state index in [2.05, 4.69) is 86.3 Å². The van der Waals surface area contributed by atoms with Crippen molar-refractivity contribution >= 4 is 174 Å². The monoisotopic (exact) mass is 1820 g/mol. The fraction of sp³-hybridized carbons (Fsp3) is 0.0374. The lowest BCUT2D eigenvalue weighted by molar-refractivity contribution is -0.115. The van der Waals surface area contributed by atoms with E-state index < -0.39 is 65.1 Å². The molecule has 0 fully saturated rings. The van der Waals surface area contributed by atoms with Crippen LogP contribution in [-0.2, 0) is 9.59 Å². The van der Waals surface area contributed by atoms with Crippen molar-refractivity contribution in [3.8, 4) is 24.7 Å². The van der Waals surface area contributed by atoms with E-state index in [0.29, 0.717) is 79.1 Å². The molecule has 0 aromatic heterocycles. The summed E-state index contributed by atoms with van der Waals surface area (Å²) >= 11 is 0. The van der Waals surface area contributed by atoms with Gasteiger partial charge in [0.25, 0.3) is 70.9 Å². The van der Waals surface area contributed by atoms with Crippen LogP contribution in [0.3, 0.4) is 0 Å². The van der Waals surface area contributed by atoms with Gasteiger partial charge in [0.15, 0.2) is 0 Å². The number of amides is 16. The Morgan fingerprint density at radius 3 is 0.752 bits per heavy atom. The Bertz CT molecular complexity index is 7400. The lowest BCUT2D eigenvalue weighted by atomic mass is 10.1. The molecule has 674 valence electrons. The molecule has 1 aliphatic heterocycles. The van der Waals surface area contributed by atoms with E-state index in [-0.39, 0.29) is 108 Å². The molecular formula is C107H81N15O15. The summed E-state index contributed by atoms with van der Waals surface area (Å²) in [6.07, 6.45) is 11.1. The molecule has 14 aromatic carbocycles. The molecule has 15 rings (SSSR count). The molecule has 0 saturated carbocycles. The third-order valence-corrected chi connectivity index (χ3v) is 20.5. The summed E-state index contributed by atoms with van der Waals surface area (Å²) in [7, 11) is 0. The van der Waals surface area contributed by atoms with E-state index in [1.165, 1.54) is 98.8 Å². The van der Waals surface area contributed by atoms with Crippen LogP contribution < -0.4 is 79.3 Å². The molecule has 14 N–H and O–H groups in total. The lowest BCUT2D eigenvalue weighted by Crippen LogP contribution is -2.30. The van der Waals surface area contributed by atoms with E-state index in [4.69, 9.17) is 12.8 Å². The van der Waals surface area contributed by atoms with Crippen molar-refractivity contribution in [3.05, 3.63) is 411 Å². The molecule has 14 aromatic rings. The van der Waals surface area contributed by atoms with Gasteiger partial charge in [-0.2, -0.15) is 0 Å². The lowest BCUT2D eigenvalue weighted by Gasteiger charge is -2.17. The summed E-state index contributed by atoms with van der Waals surface area (Å²) in [6.45, 7) is 6.50. The smallest absolute Gasteiger partial charge is 0.323 e. The van der Waals surface area contributed by atoms with Crippen LogP contribution in [0.4, 0.5) is 90.1 Å². The summed E-state index contributed by atoms with van der Waals surface area (Å²) in [5, 5.41) is 38.5. The highest BCUT2D eigenvalue weighted by molar-refractivity contribution is 6.35. The second kappa shape index (κ2) is 42.7. The molecule has 30 heteroatoms. The molecule has 0 saturated heterocycles. The quantitative estimate of drug-likeness (QED) is 0.0187. The average molecular weight is 1820 g/mol. The molecule has 137 heavy (non-hydrogen) atoms. The van der Waals surface area contributed by atoms with Gasteiger partial charge in [-0.05, 0) is 257 Å². The van der Waals surface area contributed by atoms with E-state index in [1.54, 1.807) is 224 Å². The zero-order chi connectivity index (χ0) is 96.9. The molecule has 16 amide bonds. The zero-order valence-electron chi connectivity index (χ0n) is 73.3. The zero-order valence-corrected chi connectivity index (χ0v) is 73.3. The molecule has 0 spiro atoms. The average Bonchev–Trinajstić information content (AvgIpc) is 1.61. The Morgan fingerprint density at radius 1 is 0.219 bits per heavy atom. The first-order valence-electron chi connectivity index (χ1n) is 42.0. The Balaban J connectivity index is 0.000000219. The minimum absolute atomic E-state index is 0.00640. The van der Waals surface area contributed by atoms with Gasteiger partial charge in [0, 0.05) is 160 Å². The van der Waals surface area contributed by atoms with Gasteiger partial charge in [0.1, 0.15) is 0 Å². The maximum Gasteiger partial charge on any atom is 0.323 e. The van der Waals surface area contributed by atoms with Crippen molar-refractivity contribution in [1.82, 2.24) is 0 Å². The first-order chi connectivity index (χ1) is 66.0. The molecule has 30 nitrogen and oxygen atoms in total. The molecular weight excluding hydrogens is 1740 g/mol. The number of benzene rings is 14. The van der Waals surface area contributed by atoms with E-state index >= 15 is 0 Å². The van der Waals surface area contributed by atoms with Gasteiger partial charge >= 0.3 is 6.03 Å². The molecule has 0 radical (unpaired) electrons. The van der Waals surface area contributed by atoms with Crippen molar-refractivity contribution < 1.29 is 71.9 Å². The summed E-state index contributed by atoms with van der Waals surface area (Å²) in [5.74, 6) is -2.45. The second-order valence-electron chi connectivity index (χ2n) is 31.0. The van der Waals surface area contributed by atoms with Crippen molar-refractivity contribution in [2.75, 3.05) is 79.3 Å². The Labute approximate surface area is 783 Å². The first-order valence-corrected chi connectivity index (χ1v) is 42.0. The summed E-state index contributed by atoms with van der Waals surface area (Å²) < 4.78 is 0. The maximum absolute atomic E-state index is 14.1. The Morgan fingerprint density at radius 2 is 0.453 bits per heavy atom. The fourth-order valence-electron chi connectivity index (χ4n) is 14.2. The number of anilines is 15. The standard InChI is InChI=1S/C54H39N7O8.C53H42N8O7/c1-4-33-20-21-46-47(23-33)54(69)61(53(46)68)45-26-37(51(66)59-43-18-8-16-41(29-43)56-48(63)34-11-5-10-31(2)22-34)25-38(27-45)52(67)60-44-19-9-17-42(30-44)58-50(65)36-13-6-12-35(24-36)49(64)57-40-15-7-14-39(28-40)55-32(3)62;1-4-34-12-6-16-40(24-34)60-53(68)61-47-27-38(51(66)58-45-21-9-19-43(30-45)55-48(63)35-13-5-11-32(2)23-35)26-39(28-47)52(67)59-46-22-10-20-44(31-46)57-50(65)37-15-7-14-36(25-37)49(64)56-42-18-8-17-41(29-42)54-33(3)62/h1,5-30H,2-3H3,(H,55,62)(H,56,63)(H,57,64)(H,58,65)(H,59,66)(H,60,67);1,5-31H,2-3H3,(H,54,62)(H,55,63)(H,56,64)(H,57,65)(H,58,66)(H,59,67)(H2,60,61,68). The molecule has 0 bridgehead atoms. The van der Waals surface area contributed by atoms with Crippen LogP contribution in [0.1, 0.15) is 160 Å². The van der Waals surface area contributed by atoms with Crippen LogP contribution in [0.25, 0.3) is 0 Å². The molecule has 1 aliphatic rings. The Kier molecular flexibility index (Phi) is 29.1. The molecule has 1 heterocycles. The van der Waals surface area contributed by atoms with Crippen molar-refractivity contribution in [1.29, 1.82) is 0 Å². The number of hydrogen-bond donors (Lipinski definition) is 14. The predicted octanol–water partition coefficient (Wildman–Crippen LogP) is 18.8. The highest BCUT2D eigenvalue weighted by atomic mass is 16.2. The normalized spacial score (nSPS) is 10.9. The van der Waals surface area contributed by atoms with Gasteiger partial charge in [-0.15, -0.1) is 12.8 Å². The highest BCUT2D eigenvalue weighted by Gasteiger charge is 2.38. The van der Waals surface area contributed by atoms with Crippen molar-refractivity contribution in [3.63, 3.8) is 0 Å². The number of rotatable bonds is 25. The van der Waals surface area contributed by atoms with E-state index in [9.17, 15) is 71.9 Å². The number of hydrogen-bond acceptors (Lipinski definition) is 15.